The summed E-state index contributed by atoms with van der Waals surface area (Å²) in [4.78, 5) is 18.1. The third-order valence-electron chi connectivity index (χ3n) is 4.24. The van der Waals surface area contributed by atoms with Crippen molar-refractivity contribution in [3.8, 4) is 6.07 Å². The number of guanidine groups is 1. The summed E-state index contributed by atoms with van der Waals surface area (Å²) in [6.45, 7) is 3.81. The molecule has 8 heteroatoms. The molecule has 26 heavy (non-hydrogen) atoms. The van der Waals surface area contributed by atoms with E-state index in [1.807, 2.05) is 11.0 Å². The second-order valence-electron chi connectivity index (χ2n) is 5.83. The van der Waals surface area contributed by atoms with Gasteiger partial charge in [0.25, 0.3) is 0 Å². The molecule has 6 nitrogen and oxygen atoms in total. The summed E-state index contributed by atoms with van der Waals surface area (Å²) >= 11 is 0. The number of esters is 1. The molecule has 1 saturated heterocycles. The third-order valence-corrected chi connectivity index (χ3v) is 4.24. The molecule has 0 unspecified atom stereocenters. The Morgan fingerprint density at radius 1 is 1.46 bits per heavy atom. The summed E-state index contributed by atoms with van der Waals surface area (Å²) < 4.78 is 18.9. The van der Waals surface area contributed by atoms with Gasteiger partial charge in [0.1, 0.15) is 5.82 Å². The van der Waals surface area contributed by atoms with E-state index in [-0.39, 0.29) is 48.2 Å². The fraction of sp³-hybridized carbons (Fsp3) is 0.500. The largest absolute Gasteiger partial charge is 0.466 e. The molecular formula is C18H24FIN4O2. The van der Waals surface area contributed by atoms with Gasteiger partial charge >= 0.3 is 5.97 Å². The predicted molar refractivity (Wildman–Crippen MR) is 108 cm³/mol. The van der Waals surface area contributed by atoms with Crippen LogP contribution in [0.1, 0.15) is 30.9 Å². The van der Waals surface area contributed by atoms with Crippen molar-refractivity contribution in [2.24, 2.45) is 10.9 Å². The molecule has 0 aliphatic carbocycles. The second kappa shape index (κ2) is 11.0. The minimum atomic E-state index is -0.358. The minimum Gasteiger partial charge on any atom is -0.466 e. The maximum absolute atomic E-state index is 13.9. The van der Waals surface area contributed by atoms with E-state index in [9.17, 15) is 9.18 Å². The Balaban J connectivity index is 0.00000338. The van der Waals surface area contributed by atoms with Gasteiger partial charge in [0.05, 0.1) is 24.2 Å². The lowest BCUT2D eigenvalue weighted by molar-refractivity contribution is -0.149. The van der Waals surface area contributed by atoms with Crippen molar-refractivity contribution in [2.45, 2.75) is 26.3 Å². The van der Waals surface area contributed by atoms with Crippen LogP contribution in [0.15, 0.2) is 23.2 Å². The molecule has 1 N–H and O–H groups in total. The minimum absolute atomic E-state index is 0. The molecule has 1 fully saturated rings. The van der Waals surface area contributed by atoms with Crippen LogP contribution in [0, 0.1) is 23.1 Å². The van der Waals surface area contributed by atoms with E-state index in [4.69, 9.17) is 10.00 Å². The van der Waals surface area contributed by atoms with Crippen LogP contribution in [0.3, 0.4) is 0 Å². The molecule has 1 aromatic carbocycles. The van der Waals surface area contributed by atoms with Crippen LogP contribution in [-0.4, -0.2) is 43.6 Å². The van der Waals surface area contributed by atoms with Crippen LogP contribution in [-0.2, 0) is 16.1 Å². The zero-order valence-electron chi connectivity index (χ0n) is 15.0. The van der Waals surface area contributed by atoms with Gasteiger partial charge in [-0.1, -0.05) is 0 Å². The van der Waals surface area contributed by atoms with Crippen molar-refractivity contribution >= 4 is 35.9 Å². The van der Waals surface area contributed by atoms with Gasteiger partial charge in [-0.05, 0) is 38.0 Å². The molecule has 2 rings (SSSR count). The number of carbonyl (C=O) groups excluding carboxylic acids is 1. The Morgan fingerprint density at radius 2 is 2.15 bits per heavy atom. The topological polar surface area (TPSA) is 77.7 Å². The normalized spacial score (nSPS) is 15.0. The molecule has 142 valence electrons. The van der Waals surface area contributed by atoms with Crippen molar-refractivity contribution in [3.63, 3.8) is 0 Å². The number of nitrogens with zero attached hydrogens (tertiary/aromatic N) is 3. The summed E-state index contributed by atoms with van der Waals surface area (Å²) in [6.07, 6.45) is 1.41. The van der Waals surface area contributed by atoms with Crippen molar-refractivity contribution < 1.29 is 13.9 Å². The Bertz CT molecular complexity index is 682. The van der Waals surface area contributed by atoms with E-state index in [2.05, 4.69) is 10.3 Å². The molecule has 0 saturated carbocycles. The number of piperidine rings is 1. The van der Waals surface area contributed by atoms with E-state index in [0.717, 1.165) is 0 Å². The third kappa shape index (κ3) is 5.83. The number of ether oxygens (including phenoxy) is 1. The standard InChI is InChI=1S/C18H23FN4O2.HI/c1-3-25-17(24)14-6-8-23(9-7-14)18(21-2)22-12-15-10-13(11-20)4-5-16(15)19;/h4-5,10,14H,3,6-9,12H2,1-2H3,(H,21,22);1H. The Labute approximate surface area is 170 Å². The lowest BCUT2D eigenvalue weighted by Crippen LogP contribution is -2.46. The highest BCUT2D eigenvalue weighted by Gasteiger charge is 2.27. The van der Waals surface area contributed by atoms with Crippen LogP contribution in [0.2, 0.25) is 0 Å². The van der Waals surface area contributed by atoms with E-state index in [1.165, 1.54) is 18.2 Å². The summed E-state index contributed by atoms with van der Waals surface area (Å²) in [5.74, 6) is 0.0894. The van der Waals surface area contributed by atoms with Crippen LogP contribution in [0.25, 0.3) is 0 Å². The number of carbonyl (C=O) groups is 1. The van der Waals surface area contributed by atoms with Gasteiger partial charge in [0, 0.05) is 32.2 Å². The van der Waals surface area contributed by atoms with Crippen molar-refractivity contribution in [1.82, 2.24) is 10.2 Å². The summed E-state index contributed by atoms with van der Waals surface area (Å²) in [7, 11) is 1.67. The molecular weight excluding hydrogens is 450 g/mol. The van der Waals surface area contributed by atoms with Crippen LogP contribution < -0.4 is 5.32 Å². The van der Waals surface area contributed by atoms with E-state index < -0.39 is 0 Å². The first kappa shape index (κ1) is 22.2. The van der Waals surface area contributed by atoms with Gasteiger partial charge in [-0.3, -0.25) is 9.79 Å². The Kier molecular flexibility index (Phi) is 9.34. The molecule has 0 bridgehead atoms. The predicted octanol–water partition coefficient (Wildman–Crippen LogP) is 2.67. The first-order chi connectivity index (χ1) is 12.1. The molecule has 0 atom stereocenters. The molecule has 1 aliphatic rings. The van der Waals surface area contributed by atoms with Gasteiger partial charge in [0.15, 0.2) is 5.96 Å². The smallest absolute Gasteiger partial charge is 0.309 e. The highest BCUT2D eigenvalue weighted by molar-refractivity contribution is 14.0. The zero-order valence-corrected chi connectivity index (χ0v) is 17.3. The lowest BCUT2D eigenvalue weighted by atomic mass is 9.97. The number of halogens is 2. The van der Waals surface area contributed by atoms with Crippen molar-refractivity contribution in [3.05, 3.63) is 35.1 Å². The summed E-state index contributed by atoms with van der Waals surface area (Å²) in [5, 5.41) is 12.1. The number of benzene rings is 1. The number of nitriles is 1. The SMILES string of the molecule is CCOC(=O)C1CCN(C(=NC)NCc2cc(C#N)ccc2F)CC1.I. The number of likely N-dealkylation sites (tertiary alicyclic amines) is 1. The highest BCUT2D eigenvalue weighted by atomic mass is 127. The van der Waals surface area contributed by atoms with Gasteiger partial charge in [0.2, 0.25) is 0 Å². The van der Waals surface area contributed by atoms with Gasteiger partial charge < -0.3 is 15.0 Å². The summed E-state index contributed by atoms with van der Waals surface area (Å²) in [5.41, 5.74) is 0.838. The fourth-order valence-corrected chi connectivity index (χ4v) is 2.87. The molecule has 0 aromatic heterocycles. The fourth-order valence-electron chi connectivity index (χ4n) is 2.87. The number of nitrogens with one attached hydrogen (secondary N) is 1. The van der Waals surface area contributed by atoms with E-state index >= 15 is 0 Å². The number of hydrogen-bond acceptors (Lipinski definition) is 4. The molecule has 1 heterocycles. The maximum Gasteiger partial charge on any atom is 0.309 e. The number of hydrogen-bond donors (Lipinski definition) is 1. The quantitative estimate of drug-likeness (QED) is 0.314. The number of rotatable bonds is 4. The maximum atomic E-state index is 13.9. The Hall–Kier alpha value is -1.89. The average Bonchev–Trinajstić information content (AvgIpc) is 2.64. The zero-order chi connectivity index (χ0) is 18.2. The average molecular weight is 474 g/mol. The monoisotopic (exact) mass is 474 g/mol. The molecule has 1 aliphatic heterocycles. The van der Waals surface area contributed by atoms with Gasteiger partial charge in [-0.2, -0.15) is 5.26 Å². The van der Waals surface area contributed by atoms with Crippen LogP contribution >= 0.6 is 24.0 Å². The molecule has 0 radical (unpaired) electrons. The van der Waals surface area contributed by atoms with E-state index in [0.29, 0.717) is 49.6 Å². The lowest BCUT2D eigenvalue weighted by Gasteiger charge is -2.33. The van der Waals surface area contributed by atoms with E-state index in [1.54, 1.807) is 14.0 Å². The first-order valence-electron chi connectivity index (χ1n) is 8.39. The van der Waals surface area contributed by atoms with Crippen LogP contribution in [0.5, 0.6) is 0 Å². The first-order valence-corrected chi connectivity index (χ1v) is 8.39. The molecule has 1 aromatic rings. The van der Waals surface area contributed by atoms with Crippen molar-refractivity contribution in [1.29, 1.82) is 5.26 Å². The van der Waals surface area contributed by atoms with Crippen molar-refractivity contribution in [2.75, 3.05) is 26.7 Å². The van der Waals surface area contributed by atoms with Crippen LogP contribution in [0.4, 0.5) is 4.39 Å². The molecule has 0 spiro atoms. The van der Waals surface area contributed by atoms with Gasteiger partial charge in [-0.15, -0.1) is 24.0 Å². The van der Waals surface area contributed by atoms with Gasteiger partial charge in [-0.25, -0.2) is 4.39 Å². The molecule has 0 amide bonds. The second-order valence-corrected chi connectivity index (χ2v) is 5.83. The Morgan fingerprint density at radius 3 is 2.73 bits per heavy atom. The highest BCUT2D eigenvalue weighted by Crippen LogP contribution is 2.19. The number of aliphatic imine (C=N–C) groups is 1. The summed E-state index contributed by atoms with van der Waals surface area (Å²) in [6, 6.07) is 6.28.